The van der Waals surface area contributed by atoms with Crippen LogP contribution in [0, 0.1) is 6.79 Å². The summed E-state index contributed by atoms with van der Waals surface area (Å²) in [5.74, 6) is 0. The first-order valence-corrected chi connectivity index (χ1v) is 2.05. The molecule has 0 aromatic rings. The lowest BCUT2D eigenvalue weighted by atomic mass is 10.5. The first kappa shape index (κ1) is 4.09. The van der Waals surface area contributed by atoms with Crippen LogP contribution in [0.15, 0.2) is 0 Å². The molecule has 0 saturated carbocycles. The molecule has 36 valence electrons. The quantitative estimate of drug-likeness (QED) is 0.401. The lowest BCUT2D eigenvalue weighted by Crippen LogP contribution is -2.06. The maximum absolute atomic E-state index is 4.72. The first-order valence-electron chi connectivity index (χ1n) is 2.05. The fourth-order valence-electron chi connectivity index (χ4n) is 0.370. The lowest BCUT2D eigenvalue weighted by Gasteiger charge is -2.22. The van der Waals surface area contributed by atoms with Crippen LogP contribution in [0.3, 0.4) is 0 Å². The van der Waals surface area contributed by atoms with E-state index in [1.165, 1.54) is 6.79 Å². The van der Waals surface area contributed by atoms with Crippen molar-refractivity contribution in [3.63, 3.8) is 0 Å². The molecule has 1 rings (SSSR count). The van der Waals surface area contributed by atoms with Crippen molar-refractivity contribution in [1.82, 2.24) is 0 Å². The van der Waals surface area contributed by atoms with E-state index in [0.717, 1.165) is 19.6 Å². The fraction of sp³-hybridized carbons (Fsp3) is 0.750. The normalized spacial score (nSPS) is 24.0. The maximum Gasteiger partial charge on any atom is 0.0152 e. The Kier molecular flexibility index (Phi) is 1.47. The second-order valence-corrected chi connectivity index (χ2v) is 1.19. The molecule has 1 fully saturated rings. The van der Waals surface area contributed by atoms with Gasteiger partial charge in [-0.3, -0.25) is 0 Å². The Morgan fingerprint density at radius 1 is 1.17 bits per heavy atom. The van der Waals surface area contributed by atoms with Crippen molar-refractivity contribution in [3.8, 4) is 0 Å². The molecule has 0 aromatic carbocycles. The monoisotopic (exact) mass is 87.0 g/mol. The van der Waals surface area contributed by atoms with Gasteiger partial charge < -0.3 is 9.47 Å². The molecule has 2 nitrogen and oxygen atoms in total. The zero-order valence-corrected chi connectivity index (χ0v) is 3.52. The highest BCUT2D eigenvalue weighted by Gasteiger charge is 1.85. The average Bonchev–Trinajstić information content (AvgIpc) is 1.72. The number of rotatable bonds is 0. The summed E-state index contributed by atoms with van der Waals surface area (Å²) in [6, 6.07) is 0. The highest BCUT2D eigenvalue weighted by molar-refractivity contribution is 4.42. The third-order valence-electron chi connectivity index (χ3n) is 0.660. The summed E-state index contributed by atoms with van der Waals surface area (Å²) in [7, 11) is 0. The molecule has 0 spiro atoms. The molecule has 0 bridgehead atoms. The molecule has 0 N–H and O–H groups in total. The van der Waals surface area contributed by atoms with Crippen LogP contribution in [-0.4, -0.2) is 13.2 Å². The van der Waals surface area contributed by atoms with Crippen molar-refractivity contribution >= 4 is 0 Å². The molecule has 0 aromatic heterocycles. The average molecular weight is 87.1 g/mol. The summed E-state index contributed by atoms with van der Waals surface area (Å²) in [5, 5.41) is 0. The van der Waals surface area contributed by atoms with E-state index in [9.17, 15) is 0 Å². The van der Waals surface area contributed by atoms with Crippen LogP contribution in [0.4, 0.5) is 0 Å². The number of hydrogen-bond donors (Lipinski definition) is 0. The van der Waals surface area contributed by atoms with E-state index in [1.807, 2.05) is 0 Å². The number of hydrogen-bond acceptors (Lipinski definition) is 2. The van der Waals surface area contributed by atoms with Gasteiger partial charge in [0.1, 0.15) is 0 Å². The molecule has 0 atom stereocenters. The van der Waals surface area contributed by atoms with Gasteiger partial charge in [0, 0.05) is 13.2 Å². The predicted octanol–water partition coefficient (Wildman–Crippen LogP) is 0.543. The topological polar surface area (TPSA) is 18.5 Å². The molecule has 1 saturated heterocycles. The highest BCUT2D eigenvalue weighted by Crippen LogP contribution is 1.96. The number of ether oxygens (including phenoxy) is 2. The first-order chi connectivity index (χ1) is 3.00. The van der Waals surface area contributed by atoms with E-state index in [0.29, 0.717) is 0 Å². The molecule has 0 radical (unpaired) electrons. The van der Waals surface area contributed by atoms with E-state index in [-0.39, 0.29) is 0 Å². The van der Waals surface area contributed by atoms with Gasteiger partial charge in [0.05, 0.1) is 0 Å². The van der Waals surface area contributed by atoms with Crippen molar-refractivity contribution in [2.24, 2.45) is 0 Å². The second kappa shape index (κ2) is 2.16. The van der Waals surface area contributed by atoms with Gasteiger partial charge in [0.25, 0.3) is 0 Å². The van der Waals surface area contributed by atoms with Crippen molar-refractivity contribution in [3.05, 3.63) is 6.79 Å². The highest BCUT2D eigenvalue weighted by atomic mass is 16.7. The van der Waals surface area contributed by atoms with Gasteiger partial charge in [0.15, 0.2) is 0 Å². The lowest BCUT2D eigenvalue weighted by molar-refractivity contribution is -0.0276. The Morgan fingerprint density at radius 3 is 2.00 bits per heavy atom. The van der Waals surface area contributed by atoms with Gasteiger partial charge >= 0.3 is 0 Å². The van der Waals surface area contributed by atoms with Crippen LogP contribution in [0.2, 0.25) is 0 Å². The second-order valence-electron chi connectivity index (χ2n) is 1.19. The summed E-state index contributed by atoms with van der Waals surface area (Å²) in [4.78, 5) is 0. The summed E-state index contributed by atoms with van der Waals surface area (Å²) in [6.07, 6.45) is 1.02. The molecule has 0 aliphatic carbocycles. The van der Waals surface area contributed by atoms with E-state index in [1.54, 1.807) is 0 Å². The van der Waals surface area contributed by atoms with Crippen LogP contribution in [0.5, 0.6) is 0 Å². The minimum atomic E-state index is 0.819. The standard InChI is InChI=1S/C4H7O2/c1-2-5-4-6-3-1/h4H,1-3H2/q-1. The van der Waals surface area contributed by atoms with Crippen LogP contribution >= 0.6 is 0 Å². The van der Waals surface area contributed by atoms with Crippen molar-refractivity contribution in [1.29, 1.82) is 0 Å². The Morgan fingerprint density at radius 2 is 1.83 bits per heavy atom. The van der Waals surface area contributed by atoms with Crippen molar-refractivity contribution in [2.45, 2.75) is 6.42 Å². The predicted molar refractivity (Wildman–Crippen MR) is 20.8 cm³/mol. The van der Waals surface area contributed by atoms with Gasteiger partial charge in [-0.2, -0.15) is 0 Å². The van der Waals surface area contributed by atoms with E-state index in [2.05, 4.69) is 0 Å². The van der Waals surface area contributed by atoms with Gasteiger partial charge in [-0.1, -0.05) is 6.79 Å². The SMILES string of the molecule is [CH-]1OCCCO1. The minimum Gasteiger partial charge on any atom is -0.525 e. The largest absolute Gasteiger partial charge is 0.525 e. The molecule has 1 aliphatic rings. The Labute approximate surface area is 37.1 Å². The van der Waals surface area contributed by atoms with Crippen LogP contribution in [-0.2, 0) is 9.47 Å². The summed E-state index contributed by atoms with van der Waals surface area (Å²) in [6.45, 7) is 3.03. The van der Waals surface area contributed by atoms with Crippen LogP contribution in [0.25, 0.3) is 0 Å². The van der Waals surface area contributed by atoms with E-state index in [4.69, 9.17) is 9.47 Å². The third kappa shape index (κ3) is 0.954. The summed E-state index contributed by atoms with van der Waals surface area (Å²) >= 11 is 0. The van der Waals surface area contributed by atoms with Gasteiger partial charge in [-0.05, 0) is 6.42 Å². The fourth-order valence-corrected chi connectivity index (χ4v) is 0.370. The zero-order chi connectivity index (χ0) is 4.24. The Balaban J connectivity index is 2.00. The summed E-state index contributed by atoms with van der Waals surface area (Å²) in [5.41, 5.74) is 0. The minimum absolute atomic E-state index is 0.819. The molecule has 0 unspecified atom stereocenters. The zero-order valence-electron chi connectivity index (χ0n) is 3.52. The van der Waals surface area contributed by atoms with Crippen LogP contribution < -0.4 is 0 Å². The van der Waals surface area contributed by atoms with E-state index < -0.39 is 0 Å². The van der Waals surface area contributed by atoms with Gasteiger partial charge in [-0.25, -0.2) is 0 Å². The van der Waals surface area contributed by atoms with E-state index >= 15 is 0 Å². The maximum atomic E-state index is 4.72. The molecule has 1 heterocycles. The molecule has 0 amide bonds. The van der Waals surface area contributed by atoms with Crippen molar-refractivity contribution < 1.29 is 9.47 Å². The van der Waals surface area contributed by atoms with Crippen molar-refractivity contribution in [2.75, 3.05) is 13.2 Å². The molecule has 1 aliphatic heterocycles. The Bertz CT molecular complexity index is 21.0. The molecular weight excluding hydrogens is 80.0 g/mol. The third-order valence-corrected chi connectivity index (χ3v) is 0.660. The summed E-state index contributed by atoms with van der Waals surface area (Å²) < 4.78 is 9.44. The smallest absolute Gasteiger partial charge is 0.0152 e. The van der Waals surface area contributed by atoms with Gasteiger partial charge in [-0.15, -0.1) is 0 Å². The molecule has 6 heavy (non-hydrogen) atoms. The Hall–Kier alpha value is -0.0800. The van der Waals surface area contributed by atoms with Gasteiger partial charge in [0.2, 0.25) is 0 Å². The molecule has 2 heteroatoms. The molecular formula is C4H7O2-. The van der Waals surface area contributed by atoms with Crippen LogP contribution in [0.1, 0.15) is 6.42 Å².